The summed E-state index contributed by atoms with van der Waals surface area (Å²) >= 11 is 5.66. The summed E-state index contributed by atoms with van der Waals surface area (Å²) < 4.78 is 13.5. The van der Waals surface area contributed by atoms with E-state index in [2.05, 4.69) is 10.6 Å². The van der Waals surface area contributed by atoms with Crippen molar-refractivity contribution in [2.45, 2.75) is 6.92 Å². The van der Waals surface area contributed by atoms with Crippen LogP contribution in [0.15, 0.2) is 36.4 Å². The van der Waals surface area contributed by atoms with Crippen LogP contribution in [0.1, 0.15) is 5.56 Å². The van der Waals surface area contributed by atoms with Crippen molar-refractivity contribution in [2.24, 2.45) is 0 Å². The lowest BCUT2D eigenvalue weighted by Crippen LogP contribution is -2.20. The first-order valence-electron chi connectivity index (χ1n) is 5.78. The Balaban J connectivity index is 2.10. The molecular formula is C14H12ClFN2O2. The number of phenolic OH excluding ortho intramolecular Hbond substituents is 1. The molecule has 0 bridgehead atoms. The molecule has 0 radical (unpaired) electrons. The van der Waals surface area contributed by atoms with Crippen LogP contribution in [-0.2, 0) is 0 Å². The number of aryl methyl sites for hydroxylation is 1. The molecule has 0 saturated heterocycles. The molecule has 3 N–H and O–H groups in total. The Morgan fingerprint density at radius 2 is 2.00 bits per heavy atom. The van der Waals surface area contributed by atoms with Gasteiger partial charge in [-0.1, -0.05) is 23.7 Å². The van der Waals surface area contributed by atoms with Crippen molar-refractivity contribution < 1.29 is 14.3 Å². The van der Waals surface area contributed by atoms with Crippen molar-refractivity contribution in [3.63, 3.8) is 0 Å². The van der Waals surface area contributed by atoms with E-state index in [1.807, 2.05) is 13.0 Å². The first-order chi connectivity index (χ1) is 9.45. The molecule has 0 aliphatic heterocycles. The third-order valence-electron chi connectivity index (χ3n) is 2.56. The quantitative estimate of drug-likeness (QED) is 0.729. The van der Waals surface area contributed by atoms with Crippen LogP contribution in [0.4, 0.5) is 20.6 Å². The van der Waals surface area contributed by atoms with Gasteiger partial charge in [-0.25, -0.2) is 9.18 Å². The van der Waals surface area contributed by atoms with Crippen molar-refractivity contribution in [1.29, 1.82) is 0 Å². The van der Waals surface area contributed by atoms with Gasteiger partial charge in [0.1, 0.15) is 5.75 Å². The van der Waals surface area contributed by atoms with Gasteiger partial charge in [0.2, 0.25) is 0 Å². The van der Waals surface area contributed by atoms with Crippen molar-refractivity contribution in [2.75, 3.05) is 10.6 Å². The van der Waals surface area contributed by atoms with E-state index in [0.29, 0.717) is 5.69 Å². The summed E-state index contributed by atoms with van der Waals surface area (Å²) in [4.78, 5) is 11.7. The molecule has 104 valence electrons. The number of aromatic hydroxyl groups is 1. The second kappa shape index (κ2) is 5.79. The molecule has 6 heteroatoms. The minimum atomic E-state index is -0.772. The van der Waals surface area contributed by atoms with E-state index in [-0.39, 0.29) is 16.5 Å². The summed E-state index contributed by atoms with van der Waals surface area (Å²) in [5.74, 6) is -1.15. The van der Waals surface area contributed by atoms with Gasteiger partial charge in [0.05, 0.1) is 10.7 Å². The number of hydrogen-bond acceptors (Lipinski definition) is 2. The fraction of sp³-hybridized carbons (Fsp3) is 0.0714. The largest absolute Gasteiger partial charge is 0.506 e. The zero-order chi connectivity index (χ0) is 14.7. The fourth-order valence-electron chi connectivity index (χ4n) is 1.64. The van der Waals surface area contributed by atoms with Crippen LogP contribution in [0.2, 0.25) is 5.02 Å². The molecule has 0 aliphatic carbocycles. The number of halogens is 2. The zero-order valence-electron chi connectivity index (χ0n) is 10.6. The monoisotopic (exact) mass is 294 g/mol. The molecule has 0 spiro atoms. The maximum Gasteiger partial charge on any atom is 0.323 e. The molecule has 0 fully saturated rings. The van der Waals surface area contributed by atoms with E-state index >= 15 is 0 Å². The molecule has 2 rings (SSSR count). The number of hydrogen-bond donors (Lipinski definition) is 3. The normalized spacial score (nSPS) is 10.2. The van der Waals surface area contributed by atoms with Gasteiger partial charge in [-0.05, 0) is 30.7 Å². The number of benzene rings is 2. The molecule has 0 aromatic heterocycles. The third kappa shape index (κ3) is 3.39. The maximum absolute atomic E-state index is 13.5. The summed E-state index contributed by atoms with van der Waals surface area (Å²) in [5.41, 5.74) is 1.47. The number of carbonyl (C=O) groups excluding carboxylic acids is 1. The van der Waals surface area contributed by atoms with Gasteiger partial charge in [0, 0.05) is 11.8 Å². The summed E-state index contributed by atoms with van der Waals surface area (Å²) in [5, 5.41) is 14.1. The van der Waals surface area contributed by atoms with Crippen LogP contribution < -0.4 is 10.6 Å². The van der Waals surface area contributed by atoms with Crippen molar-refractivity contribution in [1.82, 2.24) is 0 Å². The average Bonchev–Trinajstić information content (AvgIpc) is 2.36. The predicted molar refractivity (Wildman–Crippen MR) is 76.9 cm³/mol. The molecule has 0 heterocycles. The van der Waals surface area contributed by atoms with E-state index in [4.69, 9.17) is 11.6 Å². The van der Waals surface area contributed by atoms with Gasteiger partial charge in [0.25, 0.3) is 0 Å². The van der Waals surface area contributed by atoms with Gasteiger partial charge in [-0.3, -0.25) is 0 Å². The van der Waals surface area contributed by atoms with Crippen LogP contribution in [0.25, 0.3) is 0 Å². The smallest absolute Gasteiger partial charge is 0.323 e. The number of amides is 2. The molecule has 0 aliphatic rings. The molecule has 2 aromatic carbocycles. The summed E-state index contributed by atoms with van der Waals surface area (Å²) in [6.45, 7) is 1.89. The van der Waals surface area contributed by atoms with Crippen molar-refractivity contribution >= 4 is 29.0 Å². The number of urea groups is 1. The number of nitrogens with one attached hydrogen (secondary N) is 2. The molecule has 0 atom stereocenters. The Labute approximate surface area is 120 Å². The number of anilines is 2. The van der Waals surface area contributed by atoms with Crippen molar-refractivity contribution in [3.8, 4) is 5.75 Å². The minimum Gasteiger partial charge on any atom is -0.506 e. The Hall–Kier alpha value is -2.27. The van der Waals surface area contributed by atoms with Gasteiger partial charge >= 0.3 is 6.03 Å². The second-order valence-electron chi connectivity index (χ2n) is 4.23. The van der Waals surface area contributed by atoms with Crippen LogP contribution in [0.5, 0.6) is 5.75 Å². The van der Waals surface area contributed by atoms with Gasteiger partial charge < -0.3 is 15.7 Å². The van der Waals surface area contributed by atoms with Crippen molar-refractivity contribution in [3.05, 3.63) is 52.8 Å². The Kier molecular flexibility index (Phi) is 4.10. The lowest BCUT2D eigenvalue weighted by atomic mass is 10.2. The molecule has 0 unspecified atom stereocenters. The van der Waals surface area contributed by atoms with E-state index in [1.54, 1.807) is 18.2 Å². The highest BCUT2D eigenvalue weighted by Crippen LogP contribution is 2.29. The fourth-order valence-corrected chi connectivity index (χ4v) is 1.80. The maximum atomic E-state index is 13.5. The topological polar surface area (TPSA) is 61.4 Å². The van der Waals surface area contributed by atoms with Gasteiger partial charge in [-0.2, -0.15) is 0 Å². The van der Waals surface area contributed by atoms with Gasteiger partial charge in [0.15, 0.2) is 5.82 Å². The van der Waals surface area contributed by atoms with Crippen LogP contribution in [-0.4, -0.2) is 11.1 Å². The van der Waals surface area contributed by atoms with Crippen LogP contribution in [0.3, 0.4) is 0 Å². The second-order valence-corrected chi connectivity index (χ2v) is 4.64. The minimum absolute atomic E-state index is 0.0442. The highest BCUT2D eigenvalue weighted by Gasteiger charge is 2.11. The Morgan fingerprint density at radius 3 is 2.70 bits per heavy atom. The zero-order valence-corrected chi connectivity index (χ0v) is 11.3. The standard InChI is InChI=1S/C14H12ClFN2O2/c1-8-3-2-4-9(5-8)17-14(20)18-12-6-10(15)13(19)7-11(12)16/h2-7,19H,1H3,(H2,17,18,20). The number of phenols is 1. The third-order valence-corrected chi connectivity index (χ3v) is 2.86. The molecular weight excluding hydrogens is 283 g/mol. The number of rotatable bonds is 2. The van der Waals surface area contributed by atoms with Gasteiger partial charge in [-0.15, -0.1) is 0 Å². The van der Waals surface area contributed by atoms with Crippen LogP contribution in [0, 0.1) is 12.7 Å². The molecule has 2 amide bonds. The SMILES string of the molecule is Cc1cccc(NC(=O)Nc2cc(Cl)c(O)cc2F)c1. The molecule has 4 nitrogen and oxygen atoms in total. The first-order valence-corrected chi connectivity index (χ1v) is 6.16. The number of carbonyl (C=O) groups is 1. The highest BCUT2D eigenvalue weighted by molar-refractivity contribution is 6.32. The summed E-state index contributed by atoms with van der Waals surface area (Å²) in [6, 6.07) is 8.56. The van der Waals surface area contributed by atoms with E-state index in [9.17, 15) is 14.3 Å². The first kappa shape index (κ1) is 14.1. The predicted octanol–water partition coefficient (Wildman–Crippen LogP) is 4.14. The lowest BCUT2D eigenvalue weighted by Gasteiger charge is -2.09. The summed E-state index contributed by atoms with van der Waals surface area (Å²) in [7, 11) is 0. The van der Waals surface area contributed by atoms with Crippen LogP contribution >= 0.6 is 11.6 Å². The van der Waals surface area contributed by atoms with E-state index in [0.717, 1.165) is 17.7 Å². The molecule has 0 saturated carbocycles. The average molecular weight is 295 g/mol. The lowest BCUT2D eigenvalue weighted by molar-refractivity contribution is 0.262. The Bertz CT molecular complexity index is 662. The molecule has 2 aromatic rings. The highest BCUT2D eigenvalue weighted by atomic mass is 35.5. The molecule has 20 heavy (non-hydrogen) atoms. The summed E-state index contributed by atoms with van der Waals surface area (Å²) in [6.07, 6.45) is 0. The van der Waals surface area contributed by atoms with E-state index in [1.165, 1.54) is 0 Å². The Morgan fingerprint density at radius 1 is 1.25 bits per heavy atom. The van der Waals surface area contributed by atoms with E-state index < -0.39 is 11.8 Å².